The van der Waals surface area contributed by atoms with Crippen LogP contribution in [-0.4, -0.2) is 42.7 Å². The normalized spacial score (nSPS) is 13.5. The smallest absolute Gasteiger partial charge is 0.346 e. The van der Waals surface area contributed by atoms with Crippen molar-refractivity contribution in [3.63, 3.8) is 0 Å². The number of carbonyl (C=O) groups is 2. The number of nitrogens with zero attached hydrogens (tertiary/aromatic N) is 1. The number of carbonyl (C=O) groups excluding carboxylic acids is 2. The lowest BCUT2D eigenvalue weighted by Crippen LogP contribution is -2.36. The van der Waals surface area contributed by atoms with Crippen molar-refractivity contribution < 1.29 is 28.7 Å². The molecular formula is C15H16N2O7. The highest BCUT2D eigenvalue weighted by Gasteiger charge is 2.29. The number of nitro groups is 1. The number of esters is 1. The minimum Gasteiger partial charge on any atom is -0.486 e. The zero-order valence-electron chi connectivity index (χ0n) is 12.9. The maximum absolute atomic E-state index is 12.2. The SMILES string of the molecule is C=CCNC(=O)[C@H](C)OC(=O)c1cc2c(cc1[N+](=O)[O-])OCCO2. The molecule has 1 heterocycles. The van der Waals surface area contributed by atoms with Gasteiger partial charge in [-0.3, -0.25) is 14.9 Å². The Hall–Kier alpha value is -3.10. The minimum atomic E-state index is -1.12. The van der Waals surface area contributed by atoms with Gasteiger partial charge in [-0.2, -0.15) is 0 Å². The van der Waals surface area contributed by atoms with Gasteiger partial charge in [0.2, 0.25) is 0 Å². The third-order valence-electron chi connectivity index (χ3n) is 3.15. The summed E-state index contributed by atoms with van der Waals surface area (Å²) in [7, 11) is 0. The van der Waals surface area contributed by atoms with Crippen molar-refractivity contribution in [2.24, 2.45) is 0 Å². The zero-order valence-corrected chi connectivity index (χ0v) is 12.9. The van der Waals surface area contributed by atoms with Crippen molar-refractivity contribution in [3.8, 4) is 11.5 Å². The molecule has 1 atom stereocenters. The number of fused-ring (bicyclic) bond motifs is 1. The van der Waals surface area contributed by atoms with Crippen LogP contribution in [0.1, 0.15) is 17.3 Å². The molecule has 1 aliphatic heterocycles. The molecule has 1 aromatic carbocycles. The summed E-state index contributed by atoms with van der Waals surface area (Å²) in [6, 6.07) is 2.29. The number of hydrogen-bond acceptors (Lipinski definition) is 7. The molecular weight excluding hydrogens is 320 g/mol. The Balaban J connectivity index is 2.23. The van der Waals surface area contributed by atoms with Gasteiger partial charge in [0.15, 0.2) is 17.6 Å². The van der Waals surface area contributed by atoms with Gasteiger partial charge < -0.3 is 19.5 Å². The van der Waals surface area contributed by atoms with Crippen molar-refractivity contribution in [2.45, 2.75) is 13.0 Å². The molecule has 0 aromatic heterocycles. The number of amides is 1. The zero-order chi connectivity index (χ0) is 17.7. The van der Waals surface area contributed by atoms with E-state index in [1.807, 2.05) is 0 Å². The fourth-order valence-electron chi connectivity index (χ4n) is 1.99. The highest BCUT2D eigenvalue weighted by molar-refractivity contribution is 5.96. The molecule has 0 saturated carbocycles. The van der Waals surface area contributed by atoms with E-state index in [2.05, 4.69) is 11.9 Å². The number of ether oxygens (including phenoxy) is 3. The van der Waals surface area contributed by atoms with Crippen molar-refractivity contribution in [3.05, 3.63) is 40.5 Å². The fourth-order valence-corrected chi connectivity index (χ4v) is 1.99. The van der Waals surface area contributed by atoms with Gasteiger partial charge in [-0.1, -0.05) is 6.08 Å². The van der Waals surface area contributed by atoms with Crippen LogP contribution in [-0.2, 0) is 9.53 Å². The van der Waals surface area contributed by atoms with Crippen LogP contribution in [0.3, 0.4) is 0 Å². The first kappa shape index (κ1) is 17.3. The number of nitrogens with one attached hydrogen (secondary N) is 1. The van der Waals surface area contributed by atoms with Gasteiger partial charge in [-0.15, -0.1) is 6.58 Å². The van der Waals surface area contributed by atoms with Gasteiger partial charge >= 0.3 is 5.97 Å². The van der Waals surface area contributed by atoms with E-state index in [-0.39, 0.29) is 36.8 Å². The van der Waals surface area contributed by atoms with Crippen LogP contribution >= 0.6 is 0 Å². The van der Waals surface area contributed by atoms with Crippen LogP contribution in [0.25, 0.3) is 0 Å². The molecule has 9 nitrogen and oxygen atoms in total. The standard InChI is InChI=1S/C15H16N2O7/c1-3-4-16-14(18)9(2)24-15(19)10-7-12-13(23-6-5-22-12)8-11(10)17(20)21/h3,7-9H,1,4-6H2,2H3,(H,16,18)/t9-/m0/s1. The second kappa shape index (κ2) is 7.44. The van der Waals surface area contributed by atoms with Crippen molar-refractivity contribution >= 4 is 17.6 Å². The average molecular weight is 336 g/mol. The summed E-state index contributed by atoms with van der Waals surface area (Å²) in [6.45, 7) is 5.55. The second-order valence-corrected chi connectivity index (χ2v) is 4.85. The summed E-state index contributed by atoms with van der Waals surface area (Å²) in [5, 5.41) is 13.6. The summed E-state index contributed by atoms with van der Waals surface area (Å²) in [4.78, 5) is 34.4. The summed E-state index contributed by atoms with van der Waals surface area (Å²) in [5.74, 6) is -1.15. The number of hydrogen-bond donors (Lipinski definition) is 1. The topological polar surface area (TPSA) is 117 Å². The minimum absolute atomic E-state index is 0.182. The Morgan fingerprint density at radius 2 is 2.04 bits per heavy atom. The van der Waals surface area contributed by atoms with E-state index < -0.39 is 28.6 Å². The van der Waals surface area contributed by atoms with Crippen molar-refractivity contribution in [2.75, 3.05) is 19.8 Å². The Bertz CT molecular complexity index is 687. The number of nitro benzene ring substituents is 1. The van der Waals surface area contributed by atoms with Gasteiger partial charge in [0.25, 0.3) is 11.6 Å². The molecule has 0 spiro atoms. The van der Waals surface area contributed by atoms with Crippen molar-refractivity contribution in [1.29, 1.82) is 0 Å². The Morgan fingerprint density at radius 3 is 2.62 bits per heavy atom. The van der Waals surface area contributed by atoms with Gasteiger partial charge in [-0.25, -0.2) is 4.79 Å². The summed E-state index contributed by atoms with van der Waals surface area (Å²) in [5.41, 5.74) is -0.796. The van der Waals surface area contributed by atoms with Crippen LogP contribution < -0.4 is 14.8 Å². The summed E-state index contributed by atoms with van der Waals surface area (Å²) in [6.07, 6.45) is 0.350. The molecule has 1 aromatic rings. The molecule has 0 fully saturated rings. The molecule has 0 aliphatic carbocycles. The average Bonchev–Trinajstić information content (AvgIpc) is 2.58. The lowest BCUT2D eigenvalue weighted by atomic mass is 10.1. The predicted molar refractivity (Wildman–Crippen MR) is 82.2 cm³/mol. The number of rotatable bonds is 6. The van der Waals surface area contributed by atoms with E-state index in [1.54, 1.807) is 0 Å². The molecule has 1 aliphatic rings. The third kappa shape index (κ3) is 3.80. The molecule has 1 amide bonds. The van der Waals surface area contributed by atoms with E-state index in [0.29, 0.717) is 0 Å². The first-order chi connectivity index (χ1) is 11.4. The van der Waals surface area contributed by atoms with Gasteiger partial charge in [0.05, 0.1) is 11.0 Å². The molecule has 1 N–H and O–H groups in total. The predicted octanol–water partition coefficient (Wildman–Crippen LogP) is 1.21. The number of benzene rings is 1. The Kier molecular flexibility index (Phi) is 5.35. The van der Waals surface area contributed by atoms with Crippen LogP contribution in [0.4, 0.5) is 5.69 Å². The highest BCUT2D eigenvalue weighted by atomic mass is 16.6. The Morgan fingerprint density at radius 1 is 1.42 bits per heavy atom. The van der Waals surface area contributed by atoms with Crippen LogP contribution in [0, 0.1) is 10.1 Å². The van der Waals surface area contributed by atoms with Crippen molar-refractivity contribution in [1.82, 2.24) is 5.32 Å². The third-order valence-corrected chi connectivity index (χ3v) is 3.15. The lowest BCUT2D eigenvalue weighted by Gasteiger charge is -2.19. The monoisotopic (exact) mass is 336 g/mol. The van der Waals surface area contributed by atoms with Crippen LogP contribution in [0.5, 0.6) is 11.5 Å². The summed E-state index contributed by atoms with van der Waals surface area (Å²) >= 11 is 0. The molecule has 0 bridgehead atoms. The van der Waals surface area contributed by atoms with E-state index in [1.165, 1.54) is 19.1 Å². The van der Waals surface area contributed by atoms with Crippen LogP contribution in [0.15, 0.2) is 24.8 Å². The lowest BCUT2D eigenvalue weighted by molar-refractivity contribution is -0.385. The van der Waals surface area contributed by atoms with E-state index in [9.17, 15) is 19.7 Å². The largest absolute Gasteiger partial charge is 0.486 e. The first-order valence-corrected chi connectivity index (χ1v) is 7.11. The molecule has 24 heavy (non-hydrogen) atoms. The fraction of sp³-hybridized carbons (Fsp3) is 0.333. The quantitative estimate of drug-likeness (QED) is 0.359. The van der Waals surface area contributed by atoms with Gasteiger partial charge in [-0.05, 0) is 6.92 Å². The van der Waals surface area contributed by atoms with Crippen LogP contribution in [0.2, 0.25) is 0 Å². The van der Waals surface area contributed by atoms with Gasteiger partial charge in [0.1, 0.15) is 18.8 Å². The molecule has 128 valence electrons. The Labute approximate surface area is 137 Å². The maximum atomic E-state index is 12.2. The second-order valence-electron chi connectivity index (χ2n) is 4.85. The first-order valence-electron chi connectivity index (χ1n) is 7.11. The molecule has 2 rings (SSSR count). The molecule has 0 saturated heterocycles. The molecule has 0 unspecified atom stereocenters. The van der Waals surface area contributed by atoms with E-state index >= 15 is 0 Å². The van der Waals surface area contributed by atoms with E-state index in [0.717, 1.165) is 6.07 Å². The molecule has 9 heteroatoms. The molecule has 0 radical (unpaired) electrons. The van der Waals surface area contributed by atoms with Gasteiger partial charge in [0, 0.05) is 12.6 Å². The maximum Gasteiger partial charge on any atom is 0.346 e. The van der Waals surface area contributed by atoms with E-state index in [4.69, 9.17) is 14.2 Å². The summed E-state index contributed by atoms with van der Waals surface area (Å²) < 4.78 is 15.6. The highest BCUT2D eigenvalue weighted by Crippen LogP contribution is 2.36.